The zero-order chi connectivity index (χ0) is 23.2. The third-order valence-corrected chi connectivity index (χ3v) is 5.80. The quantitative estimate of drug-likeness (QED) is 0.616. The van der Waals surface area contributed by atoms with Crippen molar-refractivity contribution in [3.63, 3.8) is 0 Å². The molecule has 0 unspecified atom stereocenters. The first-order valence-electron chi connectivity index (χ1n) is 10.6. The first-order chi connectivity index (χ1) is 15.1. The fourth-order valence-electron chi connectivity index (χ4n) is 4.30. The molecule has 0 saturated carbocycles. The van der Waals surface area contributed by atoms with Crippen molar-refractivity contribution < 1.29 is 14.3 Å². The van der Waals surface area contributed by atoms with Gasteiger partial charge in [-0.3, -0.25) is 4.68 Å². The number of nitriles is 1. The van der Waals surface area contributed by atoms with Gasteiger partial charge in [0.25, 0.3) is 0 Å². The minimum absolute atomic E-state index is 0.0618. The van der Waals surface area contributed by atoms with Gasteiger partial charge in [-0.15, -0.1) is 0 Å². The lowest BCUT2D eigenvalue weighted by molar-refractivity contribution is 0.0234. The predicted molar refractivity (Wildman–Crippen MR) is 118 cm³/mol. The number of hydrogen-bond acceptors (Lipinski definition) is 6. The normalized spacial score (nSPS) is 18.7. The summed E-state index contributed by atoms with van der Waals surface area (Å²) in [5.41, 5.74) is 3.40. The Morgan fingerprint density at radius 3 is 2.69 bits per heavy atom. The number of fused-ring (bicyclic) bond motifs is 1. The molecule has 1 fully saturated rings. The van der Waals surface area contributed by atoms with Crippen LogP contribution in [0.4, 0.5) is 4.79 Å². The van der Waals surface area contributed by atoms with E-state index in [1.807, 2.05) is 57.8 Å². The van der Waals surface area contributed by atoms with Crippen molar-refractivity contribution >= 4 is 11.6 Å². The number of amides is 1. The molecule has 0 bridgehead atoms. The van der Waals surface area contributed by atoms with Crippen molar-refractivity contribution in [2.24, 2.45) is 0 Å². The molecule has 1 aliphatic heterocycles. The summed E-state index contributed by atoms with van der Waals surface area (Å²) < 4.78 is 14.7. The van der Waals surface area contributed by atoms with Gasteiger partial charge in [0.2, 0.25) is 0 Å². The van der Waals surface area contributed by atoms with Crippen molar-refractivity contribution in [1.82, 2.24) is 24.3 Å². The molecule has 0 N–H and O–H groups in total. The Bertz CT molecular complexity index is 1210. The summed E-state index contributed by atoms with van der Waals surface area (Å²) in [4.78, 5) is 14.4. The highest BCUT2D eigenvalue weighted by molar-refractivity contribution is 5.76. The fraction of sp³-hybridized carbons (Fsp3) is 0.478. The second-order valence-electron chi connectivity index (χ2n) is 9.22. The van der Waals surface area contributed by atoms with Gasteiger partial charge < -0.3 is 14.4 Å². The van der Waals surface area contributed by atoms with Crippen LogP contribution in [0.25, 0.3) is 16.6 Å². The Morgan fingerprint density at radius 1 is 1.28 bits per heavy atom. The van der Waals surface area contributed by atoms with Crippen LogP contribution < -0.4 is 4.74 Å². The lowest BCUT2D eigenvalue weighted by Crippen LogP contribution is -2.39. The lowest BCUT2D eigenvalue weighted by Gasteiger charge is -2.26. The Balaban J connectivity index is 1.64. The first kappa shape index (κ1) is 21.7. The summed E-state index contributed by atoms with van der Waals surface area (Å²) in [6.07, 6.45) is 5.74. The smallest absolute Gasteiger partial charge is 0.410 e. The number of likely N-dealkylation sites (tertiary alicyclic amines) is 1. The number of ether oxygens (including phenoxy) is 2. The molecule has 4 heterocycles. The van der Waals surface area contributed by atoms with E-state index >= 15 is 0 Å². The van der Waals surface area contributed by atoms with Gasteiger partial charge in [-0.25, -0.2) is 9.31 Å². The average molecular weight is 437 g/mol. The van der Waals surface area contributed by atoms with Gasteiger partial charge >= 0.3 is 6.09 Å². The molecule has 3 aromatic rings. The molecule has 9 heteroatoms. The van der Waals surface area contributed by atoms with E-state index in [4.69, 9.17) is 9.47 Å². The van der Waals surface area contributed by atoms with E-state index in [1.165, 1.54) is 6.20 Å². The van der Waals surface area contributed by atoms with Crippen LogP contribution in [0, 0.1) is 18.3 Å². The zero-order valence-electron chi connectivity index (χ0n) is 19.3. The van der Waals surface area contributed by atoms with E-state index in [2.05, 4.69) is 16.3 Å². The van der Waals surface area contributed by atoms with E-state index in [0.29, 0.717) is 23.4 Å². The standard InChI is InChI=1S/C23H28N6O3/c1-14-7-18(13-27(14)22(30)32-23(3,4)5)29-15(2)19(11-26-29)16-8-20(31-6)21-17(9-24)10-25-28(21)12-16/h8,10-12,14,18H,7,13H2,1-6H3/t14-,18+/m1/s1. The molecule has 0 spiro atoms. The molecular weight excluding hydrogens is 408 g/mol. The van der Waals surface area contributed by atoms with E-state index in [0.717, 1.165) is 23.2 Å². The highest BCUT2D eigenvalue weighted by atomic mass is 16.6. The van der Waals surface area contributed by atoms with Crippen LogP contribution in [0.1, 0.15) is 51.4 Å². The minimum atomic E-state index is -0.528. The van der Waals surface area contributed by atoms with E-state index in [-0.39, 0.29) is 18.2 Å². The molecule has 9 nitrogen and oxygen atoms in total. The molecule has 1 saturated heterocycles. The van der Waals surface area contributed by atoms with Gasteiger partial charge in [-0.2, -0.15) is 15.5 Å². The third kappa shape index (κ3) is 3.77. The topological polar surface area (TPSA) is 97.7 Å². The Hall–Kier alpha value is -3.54. The Kier molecular flexibility index (Phi) is 5.33. The minimum Gasteiger partial charge on any atom is -0.494 e. The monoisotopic (exact) mass is 436 g/mol. The summed E-state index contributed by atoms with van der Waals surface area (Å²) in [6, 6.07) is 4.17. The number of nitrogens with zero attached hydrogens (tertiary/aromatic N) is 6. The number of carbonyl (C=O) groups is 1. The maximum absolute atomic E-state index is 12.6. The number of pyridine rings is 1. The second-order valence-corrected chi connectivity index (χ2v) is 9.22. The van der Waals surface area contributed by atoms with Crippen molar-refractivity contribution in [2.45, 2.75) is 58.7 Å². The molecule has 0 radical (unpaired) electrons. The summed E-state index contributed by atoms with van der Waals surface area (Å²) in [5.74, 6) is 0.578. The number of hydrogen-bond donors (Lipinski definition) is 0. The average Bonchev–Trinajstić information content (AvgIpc) is 3.42. The largest absolute Gasteiger partial charge is 0.494 e. The predicted octanol–water partition coefficient (Wildman–Crippen LogP) is 3.96. The van der Waals surface area contributed by atoms with Crippen molar-refractivity contribution in [2.75, 3.05) is 13.7 Å². The van der Waals surface area contributed by atoms with Gasteiger partial charge in [0.1, 0.15) is 28.5 Å². The van der Waals surface area contributed by atoms with Crippen molar-refractivity contribution in [3.05, 3.63) is 35.9 Å². The first-order valence-corrected chi connectivity index (χ1v) is 10.6. The molecule has 4 rings (SSSR count). The van der Waals surface area contributed by atoms with Crippen LogP contribution >= 0.6 is 0 Å². The van der Waals surface area contributed by atoms with Gasteiger partial charge in [0.05, 0.1) is 25.5 Å². The highest BCUT2D eigenvalue weighted by Gasteiger charge is 2.37. The summed E-state index contributed by atoms with van der Waals surface area (Å²) in [7, 11) is 1.58. The fourth-order valence-corrected chi connectivity index (χ4v) is 4.30. The van der Waals surface area contributed by atoms with Gasteiger partial charge in [-0.05, 0) is 47.1 Å². The van der Waals surface area contributed by atoms with Gasteiger partial charge in [0, 0.05) is 35.6 Å². The molecule has 1 aliphatic rings. The number of rotatable bonds is 3. The van der Waals surface area contributed by atoms with E-state index in [9.17, 15) is 10.1 Å². The third-order valence-electron chi connectivity index (χ3n) is 5.80. The second kappa shape index (κ2) is 7.86. The molecule has 3 aromatic heterocycles. The maximum Gasteiger partial charge on any atom is 0.410 e. The molecule has 0 aliphatic carbocycles. The Labute approximate surface area is 187 Å². The van der Waals surface area contributed by atoms with Crippen molar-refractivity contribution in [3.8, 4) is 22.9 Å². The van der Waals surface area contributed by atoms with E-state index < -0.39 is 5.60 Å². The molecule has 0 aromatic carbocycles. The van der Waals surface area contributed by atoms with Crippen LogP contribution in [0.2, 0.25) is 0 Å². The van der Waals surface area contributed by atoms with Crippen LogP contribution in [0.3, 0.4) is 0 Å². The SMILES string of the molecule is COc1cc(-c2cnn([C@H]3C[C@@H](C)N(C(=O)OC(C)(C)C)C3)c2C)cn2ncc(C#N)c12. The van der Waals surface area contributed by atoms with Crippen LogP contribution in [-0.4, -0.2) is 55.7 Å². The summed E-state index contributed by atoms with van der Waals surface area (Å²) >= 11 is 0. The number of aromatic nitrogens is 4. The lowest BCUT2D eigenvalue weighted by atomic mass is 10.1. The maximum atomic E-state index is 12.6. The van der Waals surface area contributed by atoms with Gasteiger partial charge in [-0.1, -0.05) is 0 Å². The molecule has 2 atom stereocenters. The molecule has 32 heavy (non-hydrogen) atoms. The molecule has 168 valence electrons. The zero-order valence-corrected chi connectivity index (χ0v) is 19.3. The van der Waals surface area contributed by atoms with Crippen molar-refractivity contribution in [1.29, 1.82) is 5.26 Å². The number of carbonyl (C=O) groups excluding carboxylic acids is 1. The van der Waals surface area contributed by atoms with E-state index in [1.54, 1.807) is 16.5 Å². The highest BCUT2D eigenvalue weighted by Crippen LogP contribution is 2.34. The molecular formula is C23H28N6O3. The summed E-state index contributed by atoms with van der Waals surface area (Å²) in [5, 5.41) is 18.3. The van der Waals surface area contributed by atoms with Crippen LogP contribution in [0.15, 0.2) is 24.7 Å². The van der Waals surface area contributed by atoms with Crippen LogP contribution in [-0.2, 0) is 4.74 Å². The molecule has 1 amide bonds. The van der Waals surface area contributed by atoms with Crippen LogP contribution in [0.5, 0.6) is 5.75 Å². The van der Waals surface area contributed by atoms with Gasteiger partial charge in [0.15, 0.2) is 0 Å². The summed E-state index contributed by atoms with van der Waals surface area (Å²) in [6.45, 7) is 10.2. The Morgan fingerprint density at radius 2 is 2.03 bits per heavy atom. The number of methoxy groups -OCH3 is 1.